The van der Waals surface area contributed by atoms with Crippen LogP contribution in [0.2, 0.25) is 0 Å². The van der Waals surface area contributed by atoms with Gasteiger partial charge in [-0.15, -0.1) is 12.4 Å². The average molecular weight is 319 g/mol. The van der Waals surface area contributed by atoms with Crippen molar-refractivity contribution >= 4 is 24.0 Å². The molecule has 1 atom stereocenters. The van der Waals surface area contributed by atoms with Gasteiger partial charge < -0.3 is 11.1 Å². The molecule has 1 amide bonds. The number of carbonyl (C=O) groups is 1. The van der Waals surface area contributed by atoms with Crippen molar-refractivity contribution < 1.29 is 4.79 Å². The molecule has 0 aliphatic carbocycles. The van der Waals surface area contributed by atoms with Gasteiger partial charge in [0.15, 0.2) is 0 Å². The van der Waals surface area contributed by atoms with E-state index in [-0.39, 0.29) is 24.4 Å². The first-order chi connectivity index (χ1) is 9.91. The molecule has 0 spiro atoms. The van der Waals surface area contributed by atoms with Crippen LogP contribution in [0.1, 0.15) is 37.9 Å². The van der Waals surface area contributed by atoms with Gasteiger partial charge in [0.1, 0.15) is 0 Å². The quantitative estimate of drug-likeness (QED) is 0.893. The third-order valence-electron chi connectivity index (χ3n) is 3.76. The highest BCUT2D eigenvalue weighted by atomic mass is 35.5. The van der Waals surface area contributed by atoms with Crippen molar-refractivity contribution in [1.29, 1.82) is 0 Å². The molecule has 0 heterocycles. The van der Waals surface area contributed by atoms with E-state index in [2.05, 4.69) is 5.32 Å². The van der Waals surface area contributed by atoms with E-state index >= 15 is 0 Å². The molecule has 22 heavy (non-hydrogen) atoms. The van der Waals surface area contributed by atoms with Gasteiger partial charge in [0, 0.05) is 11.7 Å². The van der Waals surface area contributed by atoms with Gasteiger partial charge in [0.2, 0.25) is 5.91 Å². The van der Waals surface area contributed by atoms with Crippen molar-refractivity contribution in [2.24, 2.45) is 5.73 Å². The Labute approximate surface area is 138 Å². The van der Waals surface area contributed by atoms with Crippen LogP contribution in [0.15, 0.2) is 54.6 Å². The molecule has 3 nitrogen and oxygen atoms in total. The summed E-state index contributed by atoms with van der Waals surface area (Å²) in [7, 11) is 0. The minimum Gasteiger partial charge on any atom is -0.325 e. The molecule has 0 bridgehead atoms. The number of hydrogen-bond acceptors (Lipinski definition) is 2. The van der Waals surface area contributed by atoms with E-state index in [9.17, 15) is 4.79 Å². The van der Waals surface area contributed by atoms with Gasteiger partial charge in [-0.2, -0.15) is 0 Å². The fourth-order valence-corrected chi connectivity index (χ4v) is 2.14. The summed E-state index contributed by atoms with van der Waals surface area (Å²) in [6.07, 6.45) is 0. The molecule has 0 radical (unpaired) electrons. The highest BCUT2D eigenvalue weighted by molar-refractivity contribution is 5.98. The molecule has 2 aromatic rings. The van der Waals surface area contributed by atoms with Gasteiger partial charge in [-0.1, -0.05) is 42.5 Å². The number of carbonyl (C=O) groups excluding carboxylic acids is 1. The Morgan fingerprint density at radius 2 is 1.59 bits per heavy atom. The standard InChI is InChI=1S/C18H22N2O.ClH/c1-13(19)14-9-11-16(12-10-14)20-17(21)18(2,3)15-7-5-4-6-8-15;/h4-13H,19H2,1-3H3,(H,20,21);1H. The van der Waals surface area contributed by atoms with E-state index in [0.29, 0.717) is 0 Å². The lowest BCUT2D eigenvalue weighted by molar-refractivity contribution is -0.120. The van der Waals surface area contributed by atoms with Crippen molar-refractivity contribution in [2.45, 2.75) is 32.2 Å². The highest BCUT2D eigenvalue weighted by Crippen LogP contribution is 2.25. The van der Waals surface area contributed by atoms with Crippen LogP contribution in [0.4, 0.5) is 5.69 Å². The highest BCUT2D eigenvalue weighted by Gasteiger charge is 2.29. The number of anilines is 1. The van der Waals surface area contributed by atoms with Crippen LogP contribution in [0.3, 0.4) is 0 Å². The Bertz CT molecular complexity index is 607. The minimum absolute atomic E-state index is 0. The predicted octanol–water partition coefficient (Wildman–Crippen LogP) is 4.04. The van der Waals surface area contributed by atoms with Gasteiger partial charge in [-0.3, -0.25) is 4.79 Å². The molecule has 0 saturated heterocycles. The molecule has 4 heteroatoms. The predicted molar refractivity (Wildman–Crippen MR) is 94.4 cm³/mol. The molecule has 2 rings (SSSR count). The normalized spacial score (nSPS) is 12.2. The minimum atomic E-state index is -0.582. The SMILES string of the molecule is CC(N)c1ccc(NC(=O)C(C)(C)c2ccccc2)cc1.Cl. The lowest BCUT2D eigenvalue weighted by atomic mass is 9.83. The van der Waals surface area contributed by atoms with Crippen molar-refractivity contribution in [3.63, 3.8) is 0 Å². The summed E-state index contributed by atoms with van der Waals surface area (Å²) >= 11 is 0. The number of benzene rings is 2. The Morgan fingerprint density at radius 1 is 1.05 bits per heavy atom. The first kappa shape index (κ1) is 18.2. The first-order valence-electron chi connectivity index (χ1n) is 7.14. The van der Waals surface area contributed by atoms with Crippen LogP contribution >= 0.6 is 12.4 Å². The van der Waals surface area contributed by atoms with Crippen LogP contribution in [0.25, 0.3) is 0 Å². The number of amides is 1. The maximum absolute atomic E-state index is 12.5. The lowest BCUT2D eigenvalue weighted by Crippen LogP contribution is -2.34. The summed E-state index contributed by atoms with van der Waals surface area (Å²) in [5, 5.41) is 2.97. The monoisotopic (exact) mass is 318 g/mol. The van der Waals surface area contributed by atoms with Gasteiger partial charge >= 0.3 is 0 Å². The van der Waals surface area contributed by atoms with E-state index in [1.54, 1.807) is 0 Å². The summed E-state index contributed by atoms with van der Waals surface area (Å²) in [5.74, 6) is -0.0257. The molecule has 2 aromatic carbocycles. The topological polar surface area (TPSA) is 55.1 Å². The third kappa shape index (κ3) is 4.09. The van der Waals surface area contributed by atoms with Crippen LogP contribution in [-0.4, -0.2) is 5.91 Å². The van der Waals surface area contributed by atoms with Crippen LogP contribution in [-0.2, 0) is 10.2 Å². The zero-order valence-corrected chi connectivity index (χ0v) is 14.0. The summed E-state index contributed by atoms with van der Waals surface area (Å²) in [6.45, 7) is 5.79. The smallest absolute Gasteiger partial charge is 0.234 e. The first-order valence-corrected chi connectivity index (χ1v) is 7.14. The second kappa shape index (κ2) is 7.43. The van der Waals surface area contributed by atoms with Gasteiger partial charge in [0.25, 0.3) is 0 Å². The largest absolute Gasteiger partial charge is 0.325 e. The second-order valence-corrected chi connectivity index (χ2v) is 5.86. The van der Waals surface area contributed by atoms with Crippen molar-refractivity contribution in [3.8, 4) is 0 Å². The maximum Gasteiger partial charge on any atom is 0.234 e. The van der Waals surface area contributed by atoms with Gasteiger partial charge in [-0.25, -0.2) is 0 Å². The van der Waals surface area contributed by atoms with E-state index in [1.807, 2.05) is 75.4 Å². The zero-order chi connectivity index (χ0) is 15.5. The Hall–Kier alpha value is -1.84. The summed E-state index contributed by atoms with van der Waals surface area (Å²) in [6, 6.07) is 17.4. The molecule has 0 saturated carbocycles. The number of hydrogen-bond donors (Lipinski definition) is 2. The fraction of sp³-hybridized carbons (Fsp3) is 0.278. The molecule has 3 N–H and O–H groups in total. The second-order valence-electron chi connectivity index (χ2n) is 5.86. The number of nitrogens with two attached hydrogens (primary N) is 1. The van der Waals surface area contributed by atoms with Crippen molar-refractivity contribution in [1.82, 2.24) is 0 Å². The van der Waals surface area contributed by atoms with Gasteiger partial charge in [0.05, 0.1) is 5.41 Å². The fourth-order valence-electron chi connectivity index (χ4n) is 2.14. The molecule has 1 unspecified atom stereocenters. The lowest BCUT2D eigenvalue weighted by Gasteiger charge is -2.24. The molecule has 118 valence electrons. The average Bonchev–Trinajstić information content (AvgIpc) is 2.48. The maximum atomic E-state index is 12.5. The van der Waals surface area contributed by atoms with Crippen LogP contribution in [0, 0.1) is 0 Å². The molecule has 0 aliphatic heterocycles. The number of rotatable bonds is 4. The summed E-state index contributed by atoms with van der Waals surface area (Å²) in [4.78, 5) is 12.5. The van der Waals surface area contributed by atoms with E-state index in [4.69, 9.17) is 5.73 Å². The summed E-state index contributed by atoms with van der Waals surface area (Å²) in [5.41, 5.74) is 8.07. The number of halogens is 1. The Kier molecular flexibility index (Phi) is 6.15. The number of nitrogens with one attached hydrogen (secondary N) is 1. The van der Waals surface area contributed by atoms with E-state index in [0.717, 1.165) is 16.8 Å². The molecule has 0 aliphatic rings. The van der Waals surface area contributed by atoms with Gasteiger partial charge in [-0.05, 0) is 44.0 Å². The van der Waals surface area contributed by atoms with E-state index < -0.39 is 5.41 Å². The van der Waals surface area contributed by atoms with E-state index in [1.165, 1.54) is 0 Å². The zero-order valence-electron chi connectivity index (χ0n) is 13.2. The van der Waals surface area contributed by atoms with Crippen molar-refractivity contribution in [2.75, 3.05) is 5.32 Å². The van der Waals surface area contributed by atoms with Crippen molar-refractivity contribution in [3.05, 3.63) is 65.7 Å². The molecule has 0 aromatic heterocycles. The van der Waals surface area contributed by atoms with Crippen LogP contribution < -0.4 is 11.1 Å². The Morgan fingerprint density at radius 3 is 2.09 bits per heavy atom. The summed E-state index contributed by atoms with van der Waals surface area (Å²) < 4.78 is 0. The molecular formula is C18H23ClN2O. The Balaban J connectivity index is 0.00000242. The third-order valence-corrected chi connectivity index (χ3v) is 3.76. The molecular weight excluding hydrogens is 296 g/mol. The van der Waals surface area contributed by atoms with Crippen LogP contribution in [0.5, 0.6) is 0 Å². The molecule has 0 fully saturated rings.